The highest BCUT2D eigenvalue weighted by Crippen LogP contribution is 2.51. The molecule has 0 bridgehead atoms. The van der Waals surface area contributed by atoms with Crippen molar-refractivity contribution in [2.24, 2.45) is 0 Å². The van der Waals surface area contributed by atoms with Gasteiger partial charge in [-0.25, -0.2) is 0 Å². The molecule has 4 aliphatic heterocycles. The summed E-state index contributed by atoms with van der Waals surface area (Å²) in [6.45, 7) is -0.298. The molecule has 0 spiro atoms. The summed E-state index contributed by atoms with van der Waals surface area (Å²) in [4.78, 5) is 10.2. The maximum absolute atomic E-state index is 6.66. The third-order valence-electron chi connectivity index (χ3n) is 20.5. The number of furan rings is 2. The van der Waals surface area contributed by atoms with E-state index in [1.807, 2.05) is 0 Å². The van der Waals surface area contributed by atoms with Crippen LogP contribution in [0.4, 0.5) is 68.2 Å². The van der Waals surface area contributed by atoms with Gasteiger partial charge in [-0.3, -0.25) is 0 Å². The first-order valence-corrected chi connectivity index (χ1v) is 32.4. The molecule has 21 rings (SSSR count). The number of rotatable bonds is 6. The molecule has 0 atom stereocenters. The Morgan fingerprint density at radius 1 is 0.202 bits per heavy atom. The van der Waals surface area contributed by atoms with Gasteiger partial charge in [0.05, 0.1) is 0 Å². The van der Waals surface area contributed by atoms with Crippen LogP contribution in [0.5, 0.6) is 0 Å². The quantitative estimate of drug-likeness (QED) is 0.155. The number of benzene rings is 15. The molecule has 0 fully saturated rings. The Kier molecular flexibility index (Phi) is 10.8. The maximum atomic E-state index is 6.66. The molecule has 8 heteroatoms. The van der Waals surface area contributed by atoms with Crippen molar-refractivity contribution in [2.75, 3.05) is 19.6 Å². The lowest BCUT2D eigenvalue weighted by molar-refractivity contribution is 0.669. The molecule has 6 nitrogen and oxygen atoms in total. The van der Waals surface area contributed by atoms with Crippen molar-refractivity contribution in [3.63, 3.8) is 0 Å². The van der Waals surface area contributed by atoms with Gasteiger partial charge in [-0.15, -0.1) is 0 Å². The smallest absolute Gasteiger partial charge is 0.252 e. The normalized spacial score (nSPS) is 13.4. The minimum absolute atomic E-state index is 0.149. The zero-order valence-corrected chi connectivity index (χ0v) is 50.8. The lowest BCUT2D eigenvalue weighted by atomic mass is 9.30. The minimum Gasteiger partial charge on any atom is -0.456 e. The van der Waals surface area contributed by atoms with Crippen LogP contribution >= 0.6 is 0 Å². The topological polar surface area (TPSA) is 39.2 Å². The molecule has 0 N–H and O–H groups in total. The van der Waals surface area contributed by atoms with Crippen molar-refractivity contribution in [3.8, 4) is 22.3 Å². The molecule has 94 heavy (non-hydrogen) atoms. The van der Waals surface area contributed by atoms with E-state index >= 15 is 0 Å². The van der Waals surface area contributed by atoms with Crippen molar-refractivity contribution in [2.45, 2.75) is 0 Å². The summed E-state index contributed by atoms with van der Waals surface area (Å²) < 4.78 is 13.3. The first-order valence-electron chi connectivity index (χ1n) is 32.4. The number of fused-ring (bicyclic) bond motifs is 16. The monoisotopic (exact) mass is 1190 g/mol. The van der Waals surface area contributed by atoms with E-state index in [2.05, 4.69) is 335 Å². The molecule has 2 aromatic heterocycles. The van der Waals surface area contributed by atoms with Gasteiger partial charge in [0.2, 0.25) is 0 Å². The van der Waals surface area contributed by atoms with Gasteiger partial charge in [0.1, 0.15) is 22.3 Å². The Morgan fingerprint density at radius 2 is 0.521 bits per heavy atom. The van der Waals surface area contributed by atoms with E-state index in [9.17, 15) is 0 Å². The minimum atomic E-state index is -0.149. The second kappa shape index (κ2) is 19.6. The van der Waals surface area contributed by atoms with Crippen molar-refractivity contribution in [1.29, 1.82) is 0 Å². The number of nitrogens with zero attached hydrogens (tertiary/aromatic N) is 4. The summed E-state index contributed by atoms with van der Waals surface area (Å²) >= 11 is 0. The average Bonchev–Trinajstić information content (AvgIpc) is 0.848. The Bertz CT molecular complexity index is 5680. The summed E-state index contributed by atoms with van der Waals surface area (Å²) in [7, 11) is 0. The fourth-order valence-corrected chi connectivity index (χ4v) is 16.4. The van der Waals surface area contributed by atoms with Crippen LogP contribution in [0.3, 0.4) is 0 Å². The molecular weight excluding hydrogens is 1140 g/mol. The van der Waals surface area contributed by atoms with Crippen LogP contribution in [0.15, 0.2) is 324 Å². The largest absolute Gasteiger partial charge is 0.456 e. The molecule has 0 saturated carbocycles. The van der Waals surface area contributed by atoms with Crippen LogP contribution < -0.4 is 52.4 Å². The molecule has 0 radical (unpaired) electrons. The standard InChI is InChI=1S/C86H52B2N4O2/c1-5-25-61(26-6-1)89-73-35-19-17-33-69(73)87-71-51-72-76(52-75(71)91(63-29-9-3-10-30-63)79-47-59(45-77(89)85(79)87)57-37-39-81-65(43-57)67-41-53-21-13-15-23-55(53)49-83(67)93-81)92(64-31-11-4-12-32-64)80-48-60(58-38-40-82-66(44-58)68-42-54-22-14-16-24-56(54)50-84(68)94-82)46-78-86(80)88(72)70-34-18-20-36-74(70)90(78)62-27-7-2-8-28-62/h1-52H. The molecule has 434 valence electrons. The van der Waals surface area contributed by atoms with E-state index in [4.69, 9.17) is 8.83 Å². The lowest BCUT2D eigenvalue weighted by Crippen LogP contribution is -2.65. The van der Waals surface area contributed by atoms with Crippen molar-refractivity contribution >= 4 is 180 Å². The van der Waals surface area contributed by atoms with E-state index < -0.39 is 0 Å². The van der Waals surface area contributed by atoms with Crippen molar-refractivity contribution in [1.82, 2.24) is 0 Å². The second-order valence-corrected chi connectivity index (χ2v) is 25.5. The molecule has 6 heterocycles. The zero-order chi connectivity index (χ0) is 61.3. The summed E-state index contributed by atoms with van der Waals surface area (Å²) in [5, 5.41) is 9.12. The molecule has 0 saturated heterocycles. The summed E-state index contributed by atoms with van der Waals surface area (Å²) in [5.41, 5.74) is 29.1. The third-order valence-corrected chi connectivity index (χ3v) is 20.5. The number of hydrogen-bond acceptors (Lipinski definition) is 6. The predicted octanol–water partition coefficient (Wildman–Crippen LogP) is 19.3. The van der Waals surface area contributed by atoms with Crippen LogP contribution in [-0.2, 0) is 0 Å². The van der Waals surface area contributed by atoms with Crippen LogP contribution in [0.1, 0.15) is 0 Å². The Morgan fingerprint density at radius 3 is 0.904 bits per heavy atom. The fraction of sp³-hybridized carbons (Fsp3) is 0. The predicted molar refractivity (Wildman–Crippen MR) is 395 cm³/mol. The lowest BCUT2D eigenvalue weighted by Gasteiger charge is -2.47. The number of para-hydroxylation sites is 6. The van der Waals surface area contributed by atoms with Gasteiger partial charge in [-0.2, -0.15) is 0 Å². The van der Waals surface area contributed by atoms with Gasteiger partial charge in [-0.1, -0.05) is 176 Å². The van der Waals surface area contributed by atoms with Gasteiger partial charge in [0, 0.05) is 89.8 Å². The summed E-state index contributed by atoms with van der Waals surface area (Å²) in [5.74, 6) is 0. The van der Waals surface area contributed by atoms with Crippen molar-refractivity contribution < 1.29 is 8.83 Å². The van der Waals surface area contributed by atoms with Gasteiger partial charge in [-0.05, 0) is 216 Å². The molecule has 0 aliphatic carbocycles. The molecular formula is C86H52B2N4O2. The highest BCUT2D eigenvalue weighted by atomic mass is 16.3. The van der Waals surface area contributed by atoms with Crippen molar-refractivity contribution in [3.05, 3.63) is 315 Å². The van der Waals surface area contributed by atoms with E-state index in [-0.39, 0.29) is 13.4 Å². The van der Waals surface area contributed by atoms with Gasteiger partial charge in [0.15, 0.2) is 0 Å². The second-order valence-electron chi connectivity index (χ2n) is 25.5. The first kappa shape index (κ1) is 51.5. The van der Waals surface area contributed by atoms with E-state index in [0.29, 0.717) is 0 Å². The molecule has 17 aromatic rings. The van der Waals surface area contributed by atoms with Crippen LogP contribution in [0.2, 0.25) is 0 Å². The van der Waals surface area contributed by atoms with E-state index in [0.717, 1.165) is 145 Å². The molecule has 15 aromatic carbocycles. The van der Waals surface area contributed by atoms with Gasteiger partial charge >= 0.3 is 0 Å². The highest BCUT2D eigenvalue weighted by Gasteiger charge is 2.48. The Labute approximate surface area is 542 Å². The summed E-state index contributed by atoms with van der Waals surface area (Å²) in [6.07, 6.45) is 0. The fourth-order valence-electron chi connectivity index (χ4n) is 16.4. The number of hydrogen-bond donors (Lipinski definition) is 0. The molecule has 0 unspecified atom stereocenters. The van der Waals surface area contributed by atoms with Crippen LogP contribution in [-0.4, -0.2) is 13.4 Å². The average molecular weight is 1200 g/mol. The highest BCUT2D eigenvalue weighted by molar-refractivity contribution is 7.03. The SMILES string of the molecule is c1ccc(N2c3ccccc3B3c4cc5c(cc4N(c4ccccc4)c4cc(-c6ccc7oc8cc9ccccc9cc8c7c6)cc2c43)N(c2ccccc2)c2cc(-c3ccc4oc6cc7ccccc7cc6c4c3)cc3c2B5c2ccccc2N3c2ccccc2)cc1. The maximum Gasteiger partial charge on any atom is 0.252 e. The Balaban J connectivity index is 0.846. The van der Waals surface area contributed by atoms with E-state index in [1.54, 1.807) is 0 Å². The van der Waals surface area contributed by atoms with Crippen LogP contribution in [0.25, 0.3) is 87.7 Å². The number of anilines is 12. The summed E-state index contributed by atoms with van der Waals surface area (Å²) in [6, 6.07) is 117. The van der Waals surface area contributed by atoms with E-state index in [1.165, 1.54) is 43.5 Å². The molecule has 4 aliphatic rings. The Hall–Kier alpha value is -12.3. The van der Waals surface area contributed by atoms with Crippen LogP contribution in [0, 0.1) is 0 Å². The van der Waals surface area contributed by atoms with Gasteiger partial charge < -0.3 is 28.4 Å². The molecule has 0 amide bonds. The first-order chi connectivity index (χ1) is 46.6. The van der Waals surface area contributed by atoms with Gasteiger partial charge in [0.25, 0.3) is 13.4 Å². The third kappa shape index (κ3) is 7.44. The zero-order valence-electron chi connectivity index (χ0n) is 50.8.